The molecule has 1 saturated heterocycles. The fraction of sp³-hybridized carbons (Fsp3) is 0.667. The van der Waals surface area contributed by atoms with E-state index >= 15 is 0 Å². The molecule has 0 bridgehead atoms. The van der Waals surface area contributed by atoms with Gasteiger partial charge >= 0.3 is 0 Å². The SMILES string of the molecule is CC1CN(C(=N)CC(N)=Nc2cc(C3CC3)[nH]n2)CC(C)N1. The molecule has 2 aliphatic rings. The Labute approximate surface area is 130 Å². The molecule has 3 rings (SSSR count). The lowest BCUT2D eigenvalue weighted by Crippen LogP contribution is -2.56. The van der Waals surface area contributed by atoms with Crippen LogP contribution in [0.3, 0.4) is 0 Å². The van der Waals surface area contributed by atoms with Crippen LogP contribution in [-0.4, -0.2) is 51.9 Å². The van der Waals surface area contributed by atoms with Crippen molar-refractivity contribution < 1.29 is 0 Å². The van der Waals surface area contributed by atoms with Crippen molar-refractivity contribution in [2.75, 3.05) is 13.1 Å². The van der Waals surface area contributed by atoms with Crippen molar-refractivity contribution >= 4 is 17.5 Å². The quantitative estimate of drug-likeness (QED) is 0.497. The van der Waals surface area contributed by atoms with Crippen LogP contribution in [0, 0.1) is 5.41 Å². The van der Waals surface area contributed by atoms with Gasteiger partial charge in [-0.25, -0.2) is 4.99 Å². The van der Waals surface area contributed by atoms with Gasteiger partial charge in [0.15, 0.2) is 5.82 Å². The molecule has 7 nitrogen and oxygen atoms in total. The van der Waals surface area contributed by atoms with Crippen LogP contribution in [-0.2, 0) is 0 Å². The number of H-pyrrole nitrogens is 1. The highest BCUT2D eigenvalue weighted by Gasteiger charge is 2.26. The molecule has 2 unspecified atom stereocenters. The Hall–Kier alpha value is -1.89. The fourth-order valence-corrected chi connectivity index (χ4v) is 3.00. The summed E-state index contributed by atoms with van der Waals surface area (Å²) >= 11 is 0. The van der Waals surface area contributed by atoms with E-state index < -0.39 is 0 Å². The van der Waals surface area contributed by atoms with Gasteiger partial charge in [0.25, 0.3) is 0 Å². The molecular weight excluding hydrogens is 278 g/mol. The van der Waals surface area contributed by atoms with Gasteiger partial charge < -0.3 is 16.0 Å². The Morgan fingerprint density at radius 3 is 2.73 bits per heavy atom. The molecule has 22 heavy (non-hydrogen) atoms. The maximum Gasteiger partial charge on any atom is 0.175 e. The molecule has 0 radical (unpaired) electrons. The lowest BCUT2D eigenvalue weighted by molar-refractivity contribution is 0.252. The minimum absolute atomic E-state index is 0.366. The summed E-state index contributed by atoms with van der Waals surface area (Å²) in [6, 6.07) is 2.73. The Balaban J connectivity index is 1.58. The maximum atomic E-state index is 8.25. The summed E-state index contributed by atoms with van der Waals surface area (Å²) in [6.07, 6.45) is 2.82. The molecule has 0 amide bonds. The van der Waals surface area contributed by atoms with Gasteiger partial charge in [-0.3, -0.25) is 10.5 Å². The molecule has 0 aromatic carbocycles. The van der Waals surface area contributed by atoms with Crippen LogP contribution in [0.15, 0.2) is 11.1 Å². The summed E-state index contributed by atoms with van der Waals surface area (Å²) in [4.78, 5) is 6.41. The molecule has 2 heterocycles. The predicted octanol–water partition coefficient (Wildman–Crippen LogP) is 1.33. The molecule has 2 fully saturated rings. The molecular formula is C15H25N7. The van der Waals surface area contributed by atoms with Crippen LogP contribution < -0.4 is 11.1 Å². The number of nitrogens with one attached hydrogen (secondary N) is 3. The molecule has 1 saturated carbocycles. The summed E-state index contributed by atoms with van der Waals surface area (Å²) < 4.78 is 0. The Kier molecular flexibility index (Phi) is 4.15. The van der Waals surface area contributed by atoms with Crippen LogP contribution >= 0.6 is 0 Å². The maximum absolute atomic E-state index is 8.25. The molecule has 1 aliphatic carbocycles. The highest BCUT2D eigenvalue weighted by atomic mass is 15.2. The van der Waals surface area contributed by atoms with Gasteiger partial charge in [-0.05, 0) is 26.7 Å². The van der Waals surface area contributed by atoms with E-state index in [1.165, 1.54) is 12.8 Å². The number of amidine groups is 2. The number of nitrogens with two attached hydrogens (primary N) is 1. The largest absolute Gasteiger partial charge is 0.387 e. The zero-order valence-electron chi connectivity index (χ0n) is 13.3. The van der Waals surface area contributed by atoms with E-state index in [0.717, 1.165) is 18.8 Å². The van der Waals surface area contributed by atoms with Crippen LogP contribution in [0.1, 0.15) is 44.7 Å². The van der Waals surface area contributed by atoms with Crippen molar-refractivity contribution in [2.24, 2.45) is 10.7 Å². The van der Waals surface area contributed by atoms with Crippen molar-refractivity contribution in [3.63, 3.8) is 0 Å². The monoisotopic (exact) mass is 303 g/mol. The van der Waals surface area contributed by atoms with Gasteiger partial charge in [-0.2, -0.15) is 5.10 Å². The van der Waals surface area contributed by atoms with Gasteiger partial charge in [-0.15, -0.1) is 0 Å². The first-order chi connectivity index (χ1) is 10.5. The van der Waals surface area contributed by atoms with Gasteiger partial charge in [0.05, 0.1) is 6.42 Å². The standard InChI is InChI=1S/C15H25N7/c1-9-7-22(8-10(2)18-9)14(17)6-13(16)19-15-5-12(20-21-15)11-3-4-11/h5,9-11,17-18H,3-4,6-8H2,1-2H3,(H3,16,19,20,21). The molecule has 120 valence electrons. The molecule has 2 atom stereocenters. The highest BCUT2D eigenvalue weighted by Crippen LogP contribution is 2.39. The highest BCUT2D eigenvalue weighted by molar-refractivity contribution is 6.01. The van der Waals surface area contributed by atoms with Crippen LogP contribution in [0.5, 0.6) is 0 Å². The number of aromatic amines is 1. The molecule has 1 aliphatic heterocycles. The average molecular weight is 303 g/mol. The minimum Gasteiger partial charge on any atom is -0.387 e. The van der Waals surface area contributed by atoms with Gasteiger partial charge in [-0.1, -0.05) is 0 Å². The molecule has 5 N–H and O–H groups in total. The van der Waals surface area contributed by atoms with E-state index in [4.69, 9.17) is 11.1 Å². The van der Waals surface area contributed by atoms with E-state index in [2.05, 4.69) is 39.3 Å². The van der Waals surface area contributed by atoms with Crippen LogP contribution in [0.25, 0.3) is 0 Å². The van der Waals surface area contributed by atoms with E-state index in [1.54, 1.807) is 0 Å². The van der Waals surface area contributed by atoms with E-state index in [0.29, 0.717) is 41.9 Å². The van der Waals surface area contributed by atoms with Gasteiger partial charge in [0.1, 0.15) is 11.7 Å². The van der Waals surface area contributed by atoms with Gasteiger partial charge in [0, 0.05) is 42.9 Å². The average Bonchev–Trinajstić information content (AvgIpc) is 3.18. The third kappa shape index (κ3) is 3.65. The predicted molar refractivity (Wildman–Crippen MR) is 87.8 cm³/mol. The second-order valence-corrected chi connectivity index (χ2v) is 6.56. The summed E-state index contributed by atoms with van der Waals surface area (Å²) in [5, 5.41) is 18.9. The normalized spacial score (nSPS) is 26.3. The summed E-state index contributed by atoms with van der Waals surface area (Å²) in [7, 11) is 0. The number of aliphatic imine (C=N–C) groups is 1. The number of hydrogen-bond donors (Lipinski definition) is 4. The van der Waals surface area contributed by atoms with Crippen LogP contribution in [0.2, 0.25) is 0 Å². The summed E-state index contributed by atoms with van der Waals surface area (Å²) in [5.74, 6) is 2.21. The van der Waals surface area contributed by atoms with E-state index in [-0.39, 0.29) is 0 Å². The van der Waals surface area contributed by atoms with Crippen molar-refractivity contribution in [1.82, 2.24) is 20.4 Å². The zero-order chi connectivity index (χ0) is 15.7. The summed E-state index contributed by atoms with van der Waals surface area (Å²) in [5.41, 5.74) is 7.14. The number of aromatic nitrogens is 2. The first kappa shape index (κ1) is 15.0. The molecule has 7 heteroatoms. The smallest absolute Gasteiger partial charge is 0.175 e. The Morgan fingerprint density at radius 2 is 2.09 bits per heavy atom. The zero-order valence-corrected chi connectivity index (χ0v) is 13.3. The van der Waals surface area contributed by atoms with Crippen molar-refractivity contribution in [2.45, 2.75) is 51.1 Å². The number of nitrogens with zero attached hydrogens (tertiary/aromatic N) is 3. The van der Waals surface area contributed by atoms with E-state index in [9.17, 15) is 0 Å². The number of piperazine rings is 1. The second-order valence-electron chi connectivity index (χ2n) is 6.56. The van der Waals surface area contributed by atoms with Gasteiger partial charge in [0.2, 0.25) is 0 Å². The molecule has 1 aromatic heterocycles. The Bertz CT molecular complexity index is 562. The fourth-order valence-electron chi connectivity index (χ4n) is 3.00. The Morgan fingerprint density at radius 1 is 1.41 bits per heavy atom. The molecule has 0 spiro atoms. The third-order valence-corrected chi connectivity index (χ3v) is 4.15. The van der Waals surface area contributed by atoms with Crippen molar-refractivity contribution in [3.05, 3.63) is 11.8 Å². The number of hydrogen-bond acceptors (Lipinski definition) is 4. The van der Waals surface area contributed by atoms with Crippen molar-refractivity contribution in [3.8, 4) is 0 Å². The lowest BCUT2D eigenvalue weighted by atomic mass is 10.1. The van der Waals surface area contributed by atoms with Crippen molar-refractivity contribution in [1.29, 1.82) is 5.41 Å². The second kappa shape index (κ2) is 6.08. The van der Waals surface area contributed by atoms with E-state index in [1.807, 2.05) is 6.07 Å². The summed E-state index contributed by atoms with van der Waals surface area (Å²) in [6.45, 7) is 5.95. The lowest BCUT2D eigenvalue weighted by Gasteiger charge is -2.37. The topological polar surface area (TPSA) is 106 Å². The minimum atomic E-state index is 0.366. The van der Waals surface area contributed by atoms with Crippen LogP contribution in [0.4, 0.5) is 5.82 Å². The number of rotatable bonds is 4. The molecule has 1 aromatic rings. The first-order valence-electron chi connectivity index (χ1n) is 7.98. The first-order valence-corrected chi connectivity index (χ1v) is 7.98. The third-order valence-electron chi connectivity index (χ3n) is 4.15.